The number of rotatable bonds is 5. The summed E-state index contributed by atoms with van der Waals surface area (Å²) in [7, 11) is 0. The number of carbonyl (C=O) groups is 1. The van der Waals surface area contributed by atoms with Crippen LogP contribution in [0.15, 0.2) is 17.5 Å². The zero-order valence-electron chi connectivity index (χ0n) is 12.5. The van der Waals surface area contributed by atoms with Crippen LogP contribution in [0.1, 0.15) is 56.9 Å². The van der Waals surface area contributed by atoms with E-state index in [9.17, 15) is 4.79 Å². The van der Waals surface area contributed by atoms with Crippen LogP contribution in [0.4, 0.5) is 0 Å². The number of hydrogen-bond acceptors (Lipinski definition) is 2. The molecule has 1 aromatic heterocycles. The number of thiophene rings is 1. The van der Waals surface area contributed by atoms with Gasteiger partial charge in [-0.2, -0.15) is 0 Å². The Bertz CT molecular complexity index is 454. The Hall–Kier alpha value is -0.830. The zero-order chi connectivity index (χ0) is 14.1. The highest BCUT2D eigenvalue weighted by molar-refractivity contribution is 7.10. The monoisotopic (exact) mass is 291 g/mol. The number of carbonyl (C=O) groups excluding carboxylic acids is 1. The van der Waals surface area contributed by atoms with Gasteiger partial charge in [-0.3, -0.25) is 4.79 Å². The second-order valence-electron chi connectivity index (χ2n) is 6.94. The third-order valence-electron chi connectivity index (χ3n) is 5.16. The Kier molecular flexibility index (Phi) is 4.16. The summed E-state index contributed by atoms with van der Waals surface area (Å²) in [6.45, 7) is 4.37. The first-order chi connectivity index (χ1) is 9.63. The van der Waals surface area contributed by atoms with Crippen molar-refractivity contribution in [3.8, 4) is 0 Å². The van der Waals surface area contributed by atoms with E-state index < -0.39 is 0 Å². The Morgan fingerprint density at radius 2 is 2.25 bits per heavy atom. The van der Waals surface area contributed by atoms with Crippen molar-refractivity contribution in [2.24, 2.45) is 23.7 Å². The van der Waals surface area contributed by atoms with E-state index >= 15 is 0 Å². The average Bonchev–Trinajstić information content (AvgIpc) is 3.12. The molecule has 0 saturated heterocycles. The molecule has 2 aliphatic rings. The minimum absolute atomic E-state index is 0.182. The largest absolute Gasteiger partial charge is 0.348 e. The van der Waals surface area contributed by atoms with Crippen LogP contribution in [0, 0.1) is 23.7 Å². The van der Waals surface area contributed by atoms with E-state index in [-0.39, 0.29) is 11.9 Å². The molecule has 1 heterocycles. The third kappa shape index (κ3) is 2.93. The smallest absolute Gasteiger partial charge is 0.220 e. The summed E-state index contributed by atoms with van der Waals surface area (Å²) in [6.07, 6.45) is 6.20. The maximum Gasteiger partial charge on any atom is 0.220 e. The second kappa shape index (κ2) is 5.88. The van der Waals surface area contributed by atoms with Crippen molar-refractivity contribution in [2.75, 3.05) is 0 Å². The number of fused-ring (bicyclic) bond motifs is 2. The van der Waals surface area contributed by atoms with Gasteiger partial charge in [0.25, 0.3) is 0 Å². The van der Waals surface area contributed by atoms with Crippen molar-refractivity contribution in [2.45, 2.75) is 52.0 Å². The summed E-state index contributed by atoms with van der Waals surface area (Å²) in [4.78, 5) is 13.7. The number of amides is 1. The molecule has 1 aromatic rings. The summed E-state index contributed by atoms with van der Waals surface area (Å²) in [5.74, 6) is 3.12. The van der Waals surface area contributed by atoms with Gasteiger partial charge in [-0.05, 0) is 54.4 Å². The van der Waals surface area contributed by atoms with E-state index in [4.69, 9.17) is 0 Å². The molecule has 1 N–H and O–H groups in total. The Balaban J connectivity index is 1.57. The normalized spacial score (nSPS) is 29.9. The molecule has 110 valence electrons. The van der Waals surface area contributed by atoms with Crippen molar-refractivity contribution < 1.29 is 4.79 Å². The third-order valence-corrected chi connectivity index (χ3v) is 6.12. The fourth-order valence-electron chi connectivity index (χ4n) is 4.13. The van der Waals surface area contributed by atoms with Gasteiger partial charge in [0.15, 0.2) is 0 Å². The predicted octanol–water partition coefficient (Wildman–Crippen LogP) is 4.39. The summed E-state index contributed by atoms with van der Waals surface area (Å²) < 4.78 is 0. The molecule has 3 heteroatoms. The van der Waals surface area contributed by atoms with Gasteiger partial charge in [0.1, 0.15) is 0 Å². The first kappa shape index (κ1) is 14.1. The maximum atomic E-state index is 12.4. The number of nitrogens with one attached hydrogen (secondary N) is 1. The van der Waals surface area contributed by atoms with E-state index in [0.29, 0.717) is 11.8 Å². The van der Waals surface area contributed by atoms with Crippen LogP contribution in [0.2, 0.25) is 0 Å². The van der Waals surface area contributed by atoms with Gasteiger partial charge in [0.05, 0.1) is 6.04 Å². The zero-order valence-corrected chi connectivity index (χ0v) is 13.3. The summed E-state index contributed by atoms with van der Waals surface area (Å²) in [6, 6.07) is 4.38. The topological polar surface area (TPSA) is 29.1 Å². The fourth-order valence-corrected chi connectivity index (χ4v) is 5.08. The minimum Gasteiger partial charge on any atom is -0.348 e. The summed E-state index contributed by atoms with van der Waals surface area (Å²) >= 11 is 1.74. The Morgan fingerprint density at radius 1 is 1.40 bits per heavy atom. The van der Waals surface area contributed by atoms with Gasteiger partial charge in [-0.15, -0.1) is 11.3 Å². The standard InChI is InChI=1S/C17H25NOS/c1-11(2)17(15-4-3-7-20-15)18-16(19)10-14-9-12-5-6-13(14)8-12/h3-4,7,11-14,17H,5-6,8-10H2,1-2H3,(H,18,19)/t12-,13-,14+,17+/m0/s1. The highest BCUT2D eigenvalue weighted by atomic mass is 32.1. The minimum atomic E-state index is 0.182. The van der Waals surface area contributed by atoms with Gasteiger partial charge in [0.2, 0.25) is 5.91 Å². The molecule has 0 spiro atoms. The molecule has 0 aromatic carbocycles. The van der Waals surface area contributed by atoms with Crippen LogP contribution in [-0.4, -0.2) is 5.91 Å². The lowest BCUT2D eigenvalue weighted by atomic mass is 9.86. The van der Waals surface area contributed by atoms with Crippen molar-refractivity contribution in [1.82, 2.24) is 5.32 Å². The molecule has 2 fully saturated rings. The Labute approximate surface area is 126 Å². The molecular formula is C17H25NOS. The molecule has 0 radical (unpaired) electrons. The molecule has 3 rings (SSSR count). The highest BCUT2D eigenvalue weighted by Crippen LogP contribution is 2.49. The quantitative estimate of drug-likeness (QED) is 0.856. The lowest BCUT2D eigenvalue weighted by Gasteiger charge is -2.25. The van der Waals surface area contributed by atoms with Gasteiger partial charge in [-0.1, -0.05) is 26.3 Å². The van der Waals surface area contributed by atoms with Gasteiger partial charge in [-0.25, -0.2) is 0 Å². The van der Waals surface area contributed by atoms with Crippen LogP contribution in [-0.2, 0) is 4.79 Å². The van der Waals surface area contributed by atoms with Crippen molar-refractivity contribution in [1.29, 1.82) is 0 Å². The molecule has 4 atom stereocenters. The second-order valence-corrected chi connectivity index (χ2v) is 7.92. The van der Waals surface area contributed by atoms with Crippen LogP contribution in [0.25, 0.3) is 0 Å². The van der Waals surface area contributed by atoms with Gasteiger partial charge >= 0.3 is 0 Å². The molecule has 20 heavy (non-hydrogen) atoms. The lowest BCUT2D eigenvalue weighted by Crippen LogP contribution is -2.33. The summed E-state index contributed by atoms with van der Waals surface area (Å²) in [5, 5.41) is 5.37. The molecule has 2 bridgehead atoms. The van der Waals surface area contributed by atoms with E-state index in [2.05, 4.69) is 36.7 Å². The predicted molar refractivity (Wildman–Crippen MR) is 83.6 cm³/mol. The van der Waals surface area contributed by atoms with E-state index in [0.717, 1.165) is 18.3 Å². The number of hydrogen-bond donors (Lipinski definition) is 1. The van der Waals surface area contributed by atoms with Crippen LogP contribution in [0.3, 0.4) is 0 Å². The van der Waals surface area contributed by atoms with E-state index in [1.54, 1.807) is 11.3 Å². The lowest BCUT2D eigenvalue weighted by molar-refractivity contribution is -0.123. The molecular weight excluding hydrogens is 266 g/mol. The first-order valence-electron chi connectivity index (χ1n) is 7.96. The molecule has 2 nitrogen and oxygen atoms in total. The van der Waals surface area contributed by atoms with Gasteiger partial charge < -0.3 is 5.32 Å². The summed E-state index contributed by atoms with van der Waals surface area (Å²) in [5.41, 5.74) is 0. The van der Waals surface area contributed by atoms with Crippen molar-refractivity contribution in [3.05, 3.63) is 22.4 Å². The first-order valence-corrected chi connectivity index (χ1v) is 8.84. The van der Waals surface area contributed by atoms with Crippen LogP contribution < -0.4 is 5.32 Å². The molecule has 0 unspecified atom stereocenters. The van der Waals surface area contributed by atoms with Gasteiger partial charge in [0, 0.05) is 11.3 Å². The maximum absolute atomic E-state index is 12.4. The van der Waals surface area contributed by atoms with Crippen LogP contribution in [0.5, 0.6) is 0 Å². The molecule has 0 aliphatic heterocycles. The fraction of sp³-hybridized carbons (Fsp3) is 0.706. The highest BCUT2D eigenvalue weighted by Gasteiger charge is 2.40. The van der Waals surface area contributed by atoms with E-state index in [1.165, 1.54) is 30.6 Å². The molecule has 1 amide bonds. The van der Waals surface area contributed by atoms with Crippen molar-refractivity contribution in [3.63, 3.8) is 0 Å². The van der Waals surface area contributed by atoms with E-state index in [1.807, 2.05) is 0 Å². The van der Waals surface area contributed by atoms with Crippen LogP contribution >= 0.6 is 11.3 Å². The SMILES string of the molecule is CC(C)[C@@H](NC(=O)C[C@H]1C[C@H]2CC[C@H]1C2)c1cccs1. The Morgan fingerprint density at radius 3 is 2.80 bits per heavy atom. The molecule has 2 saturated carbocycles. The average molecular weight is 291 g/mol. The van der Waals surface area contributed by atoms with Crippen molar-refractivity contribution >= 4 is 17.2 Å². The molecule has 2 aliphatic carbocycles.